The highest BCUT2D eigenvalue weighted by molar-refractivity contribution is 5.81. The van der Waals surface area contributed by atoms with E-state index in [4.69, 9.17) is 9.26 Å². The molecular formula is C20H33N3O3. The number of morpholine rings is 1. The summed E-state index contributed by atoms with van der Waals surface area (Å²) < 4.78 is 10.9. The number of hydrogen-bond donors (Lipinski definition) is 1. The summed E-state index contributed by atoms with van der Waals surface area (Å²) in [6.45, 7) is 14.6. The van der Waals surface area contributed by atoms with Crippen LogP contribution in [0.4, 0.5) is 0 Å². The van der Waals surface area contributed by atoms with Gasteiger partial charge in [0.2, 0.25) is 5.91 Å². The van der Waals surface area contributed by atoms with Gasteiger partial charge in [0.15, 0.2) is 5.76 Å². The lowest BCUT2D eigenvalue weighted by molar-refractivity contribution is -0.133. The molecule has 1 aromatic heterocycles. The summed E-state index contributed by atoms with van der Waals surface area (Å²) in [4.78, 5) is 14.6. The highest BCUT2D eigenvalue weighted by Crippen LogP contribution is 2.48. The first kappa shape index (κ1) is 19.4. The average Bonchev–Trinajstić information content (AvgIpc) is 3.01. The number of carbonyl (C=O) groups is 1. The van der Waals surface area contributed by atoms with E-state index in [0.29, 0.717) is 5.92 Å². The molecular weight excluding hydrogens is 330 g/mol. The number of carbonyl (C=O) groups excluding carboxylic acids is 1. The third-order valence-corrected chi connectivity index (χ3v) is 6.00. The number of nitrogens with one attached hydrogen (secondary N) is 1. The largest absolute Gasteiger partial charge is 0.379 e. The zero-order valence-corrected chi connectivity index (χ0v) is 16.8. The summed E-state index contributed by atoms with van der Waals surface area (Å²) in [5.41, 5.74) is 0.748. The van der Waals surface area contributed by atoms with Crippen LogP contribution in [0.5, 0.6) is 0 Å². The number of nitrogens with zero attached hydrogens (tertiary/aromatic N) is 2. The van der Waals surface area contributed by atoms with Crippen LogP contribution in [0.25, 0.3) is 0 Å². The summed E-state index contributed by atoms with van der Waals surface area (Å²) >= 11 is 0. The molecule has 26 heavy (non-hydrogen) atoms. The molecule has 146 valence electrons. The Hall–Kier alpha value is -1.40. The van der Waals surface area contributed by atoms with Crippen LogP contribution in [0.2, 0.25) is 0 Å². The van der Waals surface area contributed by atoms with Crippen LogP contribution in [0.15, 0.2) is 10.6 Å². The van der Waals surface area contributed by atoms with Gasteiger partial charge in [-0.1, -0.05) is 39.8 Å². The Morgan fingerprint density at radius 3 is 2.65 bits per heavy atom. The third-order valence-electron chi connectivity index (χ3n) is 6.00. The molecule has 1 amide bonds. The zero-order chi connectivity index (χ0) is 18.9. The lowest BCUT2D eigenvalue weighted by atomic mass is 9.57. The van der Waals surface area contributed by atoms with Gasteiger partial charge < -0.3 is 14.6 Å². The molecule has 0 spiro atoms. The fourth-order valence-electron chi connectivity index (χ4n) is 3.74. The fraction of sp³-hybridized carbons (Fsp3) is 0.800. The molecule has 6 nitrogen and oxygen atoms in total. The fourth-order valence-corrected chi connectivity index (χ4v) is 3.74. The predicted molar refractivity (Wildman–Crippen MR) is 99.6 cm³/mol. The van der Waals surface area contributed by atoms with Crippen molar-refractivity contribution in [2.75, 3.05) is 26.3 Å². The molecule has 1 N–H and O–H groups in total. The molecule has 1 aromatic rings. The first-order valence-corrected chi connectivity index (χ1v) is 9.72. The Kier molecular flexibility index (Phi) is 5.45. The van der Waals surface area contributed by atoms with E-state index in [-0.39, 0.29) is 22.8 Å². The maximum absolute atomic E-state index is 12.3. The second-order valence-corrected chi connectivity index (χ2v) is 9.41. The Labute approximate surface area is 156 Å². The highest BCUT2D eigenvalue weighted by Gasteiger charge is 2.49. The highest BCUT2D eigenvalue weighted by atomic mass is 16.5. The molecule has 2 fully saturated rings. The molecule has 2 atom stereocenters. The summed E-state index contributed by atoms with van der Waals surface area (Å²) in [6.07, 6.45) is 1.90. The number of ether oxygens (including phenoxy) is 1. The quantitative estimate of drug-likeness (QED) is 0.871. The molecule has 2 heterocycles. The molecule has 1 saturated heterocycles. The number of hydrogen-bond acceptors (Lipinski definition) is 5. The van der Waals surface area contributed by atoms with E-state index in [1.54, 1.807) is 0 Å². The van der Waals surface area contributed by atoms with Gasteiger partial charge in [-0.3, -0.25) is 9.69 Å². The van der Waals surface area contributed by atoms with Gasteiger partial charge >= 0.3 is 0 Å². The van der Waals surface area contributed by atoms with Crippen molar-refractivity contribution in [3.8, 4) is 0 Å². The van der Waals surface area contributed by atoms with Crippen molar-refractivity contribution in [3.63, 3.8) is 0 Å². The topological polar surface area (TPSA) is 67.6 Å². The minimum atomic E-state index is -0.346. The summed E-state index contributed by atoms with van der Waals surface area (Å²) in [7, 11) is 0. The van der Waals surface area contributed by atoms with E-state index in [1.807, 2.05) is 20.8 Å². The van der Waals surface area contributed by atoms with Crippen molar-refractivity contribution in [2.24, 2.45) is 16.7 Å². The van der Waals surface area contributed by atoms with Crippen molar-refractivity contribution in [2.45, 2.75) is 60.0 Å². The number of aromatic nitrogens is 1. The van der Waals surface area contributed by atoms with Crippen molar-refractivity contribution < 1.29 is 14.1 Å². The lowest BCUT2D eigenvalue weighted by Gasteiger charge is -2.52. The minimum Gasteiger partial charge on any atom is -0.379 e. The average molecular weight is 364 g/mol. The Morgan fingerprint density at radius 1 is 1.35 bits per heavy atom. The van der Waals surface area contributed by atoms with Crippen LogP contribution in [-0.4, -0.2) is 48.3 Å². The van der Waals surface area contributed by atoms with E-state index >= 15 is 0 Å². The third kappa shape index (κ3) is 4.29. The van der Waals surface area contributed by atoms with E-state index in [2.05, 4.69) is 35.3 Å². The van der Waals surface area contributed by atoms with Gasteiger partial charge in [0.25, 0.3) is 0 Å². The molecule has 0 radical (unpaired) electrons. The second kappa shape index (κ2) is 7.31. The van der Waals surface area contributed by atoms with E-state index in [1.165, 1.54) is 0 Å². The Morgan fingerprint density at radius 2 is 2.04 bits per heavy atom. The summed E-state index contributed by atoms with van der Waals surface area (Å²) in [5.74, 6) is 1.56. The van der Waals surface area contributed by atoms with Gasteiger partial charge in [-0.2, -0.15) is 0 Å². The molecule has 1 saturated carbocycles. The number of amides is 1. The van der Waals surface area contributed by atoms with Crippen LogP contribution in [0.3, 0.4) is 0 Å². The van der Waals surface area contributed by atoms with Gasteiger partial charge in [0.1, 0.15) is 0 Å². The van der Waals surface area contributed by atoms with E-state index in [0.717, 1.165) is 57.1 Å². The molecule has 6 heteroatoms. The van der Waals surface area contributed by atoms with Crippen LogP contribution in [0.1, 0.15) is 52.5 Å². The van der Waals surface area contributed by atoms with Gasteiger partial charge in [-0.25, -0.2) is 0 Å². The van der Waals surface area contributed by atoms with Crippen LogP contribution >= 0.6 is 0 Å². The monoisotopic (exact) mass is 363 g/mol. The Bertz CT molecular complexity index is 626. The zero-order valence-electron chi connectivity index (χ0n) is 16.8. The first-order chi connectivity index (χ1) is 12.2. The van der Waals surface area contributed by atoms with Crippen molar-refractivity contribution in [1.82, 2.24) is 15.4 Å². The van der Waals surface area contributed by atoms with Crippen LogP contribution in [-0.2, 0) is 22.5 Å². The molecule has 0 bridgehead atoms. The van der Waals surface area contributed by atoms with Crippen molar-refractivity contribution in [1.29, 1.82) is 0 Å². The van der Waals surface area contributed by atoms with Crippen molar-refractivity contribution in [3.05, 3.63) is 17.5 Å². The Balaban J connectivity index is 1.51. The maximum atomic E-state index is 12.3. The van der Waals surface area contributed by atoms with Gasteiger partial charge in [0.05, 0.1) is 25.5 Å². The predicted octanol–water partition coefficient (Wildman–Crippen LogP) is 2.63. The standard InChI is InChI=1S/C20H33N3O3/c1-19(2,3)18(24)21-17-11-14(20(17,4)5)10-15-12-16(26-22-15)13-23-6-8-25-9-7-23/h12,14,17H,6-11,13H2,1-5H3,(H,21,24)/t14-,17+/m1/s1. The smallest absolute Gasteiger partial charge is 0.225 e. The van der Waals surface area contributed by atoms with Gasteiger partial charge in [-0.15, -0.1) is 0 Å². The SMILES string of the molecule is CC(C)(C)C(=O)N[C@H]1C[C@@H](Cc2cc(CN3CCOCC3)on2)C1(C)C. The van der Waals surface area contributed by atoms with Crippen LogP contribution in [0, 0.1) is 16.7 Å². The first-order valence-electron chi connectivity index (χ1n) is 9.72. The normalized spacial score (nSPS) is 26.3. The van der Waals surface area contributed by atoms with Crippen molar-refractivity contribution >= 4 is 5.91 Å². The second-order valence-electron chi connectivity index (χ2n) is 9.41. The van der Waals surface area contributed by atoms with Crippen LogP contribution < -0.4 is 5.32 Å². The maximum Gasteiger partial charge on any atom is 0.225 e. The molecule has 3 rings (SSSR count). The van der Waals surface area contributed by atoms with E-state index in [9.17, 15) is 4.79 Å². The minimum absolute atomic E-state index is 0.0736. The molecule has 1 aliphatic heterocycles. The van der Waals surface area contributed by atoms with Gasteiger partial charge in [0, 0.05) is 30.6 Å². The summed E-state index contributed by atoms with van der Waals surface area (Å²) in [6, 6.07) is 2.33. The molecule has 0 aromatic carbocycles. The molecule has 1 aliphatic carbocycles. The van der Waals surface area contributed by atoms with Gasteiger partial charge in [-0.05, 0) is 24.2 Å². The lowest BCUT2D eigenvalue weighted by Crippen LogP contribution is -2.60. The summed E-state index contributed by atoms with van der Waals surface area (Å²) in [5, 5.41) is 7.49. The molecule has 0 unspecified atom stereocenters. The number of rotatable bonds is 5. The van der Waals surface area contributed by atoms with E-state index < -0.39 is 0 Å². The molecule has 2 aliphatic rings.